The topological polar surface area (TPSA) is 61.3 Å². The lowest BCUT2D eigenvalue weighted by Gasteiger charge is -2.08. The highest BCUT2D eigenvalue weighted by Gasteiger charge is 2.12. The molecule has 0 amide bonds. The van der Waals surface area contributed by atoms with E-state index < -0.39 is 5.97 Å². The van der Waals surface area contributed by atoms with Gasteiger partial charge in [0, 0.05) is 5.56 Å². The maximum absolute atomic E-state index is 12.5. The SMILES string of the molecule is CCCCCCCCc1ccc(-c2cnc(C(=O)Oc3ccc(OCCCCCC)cc3)cn2)cc1. The first-order valence-electron chi connectivity index (χ1n) is 13.6. The van der Waals surface area contributed by atoms with E-state index in [0.717, 1.165) is 29.8 Å². The summed E-state index contributed by atoms with van der Waals surface area (Å²) in [6.45, 7) is 5.14. The number of aromatic nitrogens is 2. The summed E-state index contributed by atoms with van der Waals surface area (Å²) < 4.78 is 11.2. The van der Waals surface area contributed by atoms with Gasteiger partial charge in [-0.05, 0) is 49.1 Å². The number of carbonyl (C=O) groups excluding carboxylic acids is 1. The normalized spacial score (nSPS) is 10.8. The molecule has 0 bridgehead atoms. The second-order valence-electron chi connectivity index (χ2n) is 9.27. The van der Waals surface area contributed by atoms with Crippen molar-refractivity contribution in [1.82, 2.24) is 9.97 Å². The predicted octanol–water partition coefficient (Wildman–Crippen LogP) is 8.22. The van der Waals surface area contributed by atoms with Gasteiger partial charge in [0.2, 0.25) is 0 Å². The highest BCUT2D eigenvalue weighted by atomic mass is 16.5. The first-order chi connectivity index (χ1) is 17.7. The number of unbranched alkanes of at least 4 members (excludes halogenated alkanes) is 8. The number of esters is 1. The van der Waals surface area contributed by atoms with Crippen molar-refractivity contribution >= 4 is 5.97 Å². The van der Waals surface area contributed by atoms with Gasteiger partial charge in [0.05, 0.1) is 24.7 Å². The van der Waals surface area contributed by atoms with Crippen LogP contribution in [0.2, 0.25) is 0 Å². The Labute approximate surface area is 216 Å². The zero-order chi connectivity index (χ0) is 25.4. The molecule has 1 aromatic heterocycles. The fraction of sp³-hybridized carbons (Fsp3) is 0.452. The zero-order valence-corrected chi connectivity index (χ0v) is 21.9. The molecule has 192 valence electrons. The molecule has 0 aliphatic carbocycles. The predicted molar refractivity (Wildman–Crippen MR) is 146 cm³/mol. The van der Waals surface area contributed by atoms with Crippen molar-refractivity contribution in [3.63, 3.8) is 0 Å². The van der Waals surface area contributed by atoms with Crippen LogP contribution >= 0.6 is 0 Å². The highest BCUT2D eigenvalue weighted by molar-refractivity contribution is 5.88. The van der Waals surface area contributed by atoms with Crippen LogP contribution < -0.4 is 9.47 Å². The average molecular weight is 489 g/mol. The molecule has 3 aromatic rings. The van der Waals surface area contributed by atoms with Crippen LogP contribution in [0.1, 0.15) is 94.1 Å². The van der Waals surface area contributed by atoms with Gasteiger partial charge in [-0.3, -0.25) is 4.98 Å². The molecule has 0 spiro atoms. The molecule has 0 unspecified atom stereocenters. The summed E-state index contributed by atoms with van der Waals surface area (Å²) in [5.74, 6) is 0.690. The maximum atomic E-state index is 12.5. The van der Waals surface area contributed by atoms with Gasteiger partial charge >= 0.3 is 5.97 Å². The van der Waals surface area contributed by atoms with Crippen LogP contribution in [0, 0.1) is 0 Å². The molecular weight excluding hydrogens is 448 g/mol. The average Bonchev–Trinajstić information content (AvgIpc) is 2.92. The van der Waals surface area contributed by atoms with Gasteiger partial charge in [-0.2, -0.15) is 0 Å². The van der Waals surface area contributed by atoms with Crippen LogP contribution in [0.25, 0.3) is 11.3 Å². The van der Waals surface area contributed by atoms with Crippen LogP contribution in [0.3, 0.4) is 0 Å². The van der Waals surface area contributed by atoms with Gasteiger partial charge in [0.1, 0.15) is 11.5 Å². The lowest BCUT2D eigenvalue weighted by molar-refractivity contribution is 0.0728. The summed E-state index contributed by atoms with van der Waals surface area (Å²) in [5.41, 5.74) is 3.24. The molecule has 0 N–H and O–H groups in total. The second kappa shape index (κ2) is 15.7. The van der Waals surface area contributed by atoms with Gasteiger partial charge in [-0.1, -0.05) is 89.5 Å². The molecular formula is C31H40N2O3. The fourth-order valence-electron chi connectivity index (χ4n) is 4.02. The van der Waals surface area contributed by atoms with E-state index in [1.54, 1.807) is 18.3 Å². The summed E-state index contributed by atoms with van der Waals surface area (Å²) >= 11 is 0. The monoisotopic (exact) mass is 488 g/mol. The van der Waals surface area contributed by atoms with Gasteiger partial charge in [-0.15, -0.1) is 0 Å². The minimum absolute atomic E-state index is 0.176. The van der Waals surface area contributed by atoms with Crippen molar-refractivity contribution in [2.75, 3.05) is 6.61 Å². The summed E-state index contributed by atoms with van der Waals surface area (Å²) in [5, 5.41) is 0. The van der Waals surface area contributed by atoms with E-state index in [9.17, 15) is 4.79 Å². The number of carbonyl (C=O) groups is 1. The zero-order valence-electron chi connectivity index (χ0n) is 21.9. The van der Waals surface area contributed by atoms with Crippen LogP contribution in [0.15, 0.2) is 60.9 Å². The molecule has 2 aromatic carbocycles. The second-order valence-corrected chi connectivity index (χ2v) is 9.27. The Morgan fingerprint density at radius 1 is 0.694 bits per heavy atom. The Morgan fingerprint density at radius 3 is 2.00 bits per heavy atom. The molecule has 5 heteroatoms. The third kappa shape index (κ3) is 9.44. The van der Waals surface area contributed by atoms with E-state index in [0.29, 0.717) is 12.4 Å². The van der Waals surface area contributed by atoms with Crippen molar-refractivity contribution in [1.29, 1.82) is 0 Å². The third-order valence-corrected chi connectivity index (χ3v) is 6.23. The smallest absolute Gasteiger partial charge is 0.363 e. The molecule has 0 saturated carbocycles. The summed E-state index contributed by atoms with van der Waals surface area (Å²) in [4.78, 5) is 21.2. The molecule has 0 atom stereocenters. The lowest BCUT2D eigenvalue weighted by atomic mass is 10.0. The Balaban J connectivity index is 1.45. The number of nitrogens with zero attached hydrogens (tertiary/aromatic N) is 2. The molecule has 0 saturated heterocycles. The van der Waals surface area contributed by atoms with Crippen molar-refractivity contribution in [3.05, 3.63) is 72.2 Å². The molecule has 36 heavy (non-hydrogen) atoms. The van der Waals surface area contributed by atoms with Gasteiger partial charge < -0.3 is 9.47 Å². The first-order valence-corrected chi connectivity index (χ1v) is 13.6. The third-order valence-electron chi connectivity index (χ3n) is 6.23. The van der Waals surface area contributed by atoms with Crippen LogP contribution in [0.5, 0.6) is 11.5 Å². The van der Waals surface area contributed by atoms with Crippen molar-refractivity contribution in [2.45, 2.75) is 84.5 Å². The minimum atomic E-state index is -0.531. The first kappa shape index (κ1) is 27.4. The van der Waals surface area contributed by atoms with E-state index in [4.69, 9.17) is 9.47 Å². The number of rotatable bonds is 16. The molecule has 0 fully saturated rings. The molecule has 1 heterocycles. The van der Waals surface area contributed by atoms with E-state index in [1.165, 1.54) is 69.5 Å². The Bertz CT molecular complexity index is 1020. The summed E-state index contributed by atoms with van der Waals surface area (Å²) in [6, 6.07) is 15.5. The number of aryl methyl sites for hydroxylation is 1. The van der Waals surface area contributed by atoms with Crippen molar-refractivity contribution < 1.29 is 14.3 Å². The van der Waals surface area contributed by atoms with E-state index in [1.807, 2.05) is 12.1 Å². The largest absolute Gasteiger partial charge is 0.494 e. The number of benzene rings is 2. The number of ether oxygens (including phenoxy) is 2. The number of hydrogen-bond acceptors (Lipinski definition) is 5. The molecule has 5 nitrogen and oxygen atoms in total. The van der Waals surface area contributed by atoms with Crippen molar-refractivity contribution in [2.24, 2.45) is 0 Å². The standard InChI is InChI=1S/C31H40N2O3/c1-3-5-7-9-10-11-13-25-14-16-26(17-15-25)29-23-33-30(24-32-29)31(34)36-28-20-18-27(19-21-28)35-22-12-8-6-4-2/h14-21,23-24H,3-13,22H2,1-2H3. The van der Waals surface area contributed by atoms with E-state index in [2.05, 4.69) is 48.1 Å². The van der Waals surface area contributed by atoms with Gasteiger partial charge in [0.15, 0.2) is 5.69 Å². The molecule has 0 aliphatic heterocycles. The summed E-state index contributed by atoms with van der Waals surface area (Å²) in [7, 11) is 0. The quantitative estimate of drug-likeness (QED) is 0.115. The Morgan fingerprint density at radius 2 is 1.33 bits per heavy atom. The number of hydrogen-bond donors (Lipinski definition) is 0. The van der Waals surface area contributed by atoms with E-state index >= 15 is 0 Å². The molecule has 3 rings (SSSR count). The molecule has 0 aliphatic rings. The van der Waals surface area contributed by atoms with Crippen LogP contribution in [-0.4, -0.2) is 22.5 Å². The minimum Gasteiger partial charge on any atom is -0.494 e. The van der Waals surface area contributed by atoms with E-state index in [-0.39, 0.29) is 5.69 Å². The lowest BCUT2D eigenvalue weighted by Crippen LogP contribution is -2.11. The Hall–Kier alpha value is -3.21. The van der Waals surface area contributed by atoms with Crippen molar-refractivity contribution in [3.8, 4) is 22.8 Å². The van der Waals surface area contributed by atoms with Gasteiger partial charge in [-0.25, -0.2) is 9.78 Å². The van der Waals surface area contributed by atoms with Crippen LogP contribution in [-0.2, 0) is 6.42 Å². The van der Waals surface area contributed by atoms with Crippen LogP contribution in [0.4, 0.5) is 0 Å². The molecule has 0 radical (unpaired) electrons. The highest BCUT2D eigenvalue weighted by Crippen LogP contribution is 2.21. The summed E-state index contributed by atoms with van der Waals surface area (Å²) in [6.07, 6.45) is 16.7. The maximum Gasteiger partial charge on any atom is 0.363 e. The Kier molecular flexibility index (Phi) is 12.0. The fourth-order valence-corrected chi connectivity index (χ4v) is 4.02. The van der Waals surface area contributed by atoms with Gasteiger partial charge in [0.25, 0.3) is 0 Å².